The van der Waals surface area contributed by atoms with E-state index in [1.165, 1.54) is 0 Å². The topological polar surface area (TPSA) is 92.2 Å². The number of aromatic amines is 1. The lowest BCUT2D eigenvalue weighted by Gasteiger charge is -2.29. The first-order chi connectivity index (χ1) is 19.3. The number of nitrogens with zero attached hydrogens (tertiary/aromatic N) is 3. The molecule has 0 bridgehead atoms. The van der Waals surface area contributed by atoms with Crippen LogP contribution in [0.1, 0.15) is 69.9 Å². The molecule has 1 unspecified atom stereocenters. The number of ether oxygens (including phenoxy) is 1. The lowest BCUT2D eigenvalue weighted by atomic mass is 9.97. The van der Waals surface area contributed by atoms with E-state index in [0.29, 0.717) is 23.9 Å². The van der Waals surface area contributed by atoms with E-state index in [9.17, 15) is 9.59 Å². The van der Waals surface area contributed by atoms with Crippen LogP contribution in [-0.4, -0.2) is 57.7 Å². The summed E-state index contributed by atoms with van der Waals surface area (Å²) in [4.78, 5) is 35.4. The van der Waals surface area contributed by atoms with E-state index >= 15 is 0 Å². The molecule has 1 saturated heterocycles. The number of aryl methyl sites for hydroxylation is 1. The lowest BCUT2D eigenvalue weighted by Crippen LogP contribution is -2.40. The van der Waals surface area contributed by atoms with Gasteiger partial charge in [-0.1, -0.05) is 19.9 Å². The molecule has 8 heteroatoms. The summed E-state index contributed by atoms with van der Waals surface area (Å²) in [7, 11) is 2.19. The zero-order valence-corrected chi connectivity index (χ0v) is 24.5. The predicted octanol–water partition coefficient (Wildman–Crippen LogP) is 5.03. The van der Waals surface area contributed by atoms with E-state index < -0.39 is 0 Å². The summed E-state index contributed by atoms with van der Waals surface area (Å²) in [5.41, 5.74) is 4.65. The van der Waals surface area contributed by atoms with Crippen molar-refractivity contribution in [2.75, 3.05) is 20.1 Å². The minimum absolute atomic E-state index is 0.0718. The van der Waals surface area contributed by atoms with Gasteiger partial charge in [0.2, 0.25) is 0 Å². The molecule has 1 aromatic carbocycles. The van der Waals surface area contributed by atoms with Gasteiger partial charge in [-0.3, -0.25) is 9.59 Å². The average molecular weight is 548 g/mol. The molecule has 3 heterocycles. The number of benzene rings is 1. The molecule has 40 heavy (non-hydrogen) atoms. The molecular weight excluding hydrogens is 502 g/mol. The average Bonchev–Trinajstić information content (AvgIpc) is 3.57. The minimum atomic E-state index is -0.321. The van der Waals surface area contributed by atoms with Crippen LogP contribution in [0.5, 0.6) is 0 Å². The molecule has 8 nitrogen and oxygen atoms in total. The Balaban J connectivity index is 1.39. The largest absolute Gasteiger partial charge is 0.461 e. The lowest BCUT2D eigenvalue weighted by molar-refractivity contribution is -0.151. The monoisotopic (exact) mass is 547 g/mol. The number of pyridine rings is 1. The van der Waals surface area contributed by atoms with Crippen molar-refractivity contribution in [1.29, 1.82) is 0 Å². The van der Waals surface area contributed by atoms with Crippen molar-refractivity contribution < 1.29 is 9.53 Å². The summed E-state index contributed by atoms with van der Waals surface area (Å²) in [5.74, 6) is 1.73. The molecule has 1 aliphatic carbocycles. The maximum absolute atomic E-state index is 13.0. The molecule has 0 spiro atoms. The highest BCUT2D eigenvalue weighted by Crippen LogP contribution is 2.29. The second-order valence-corrected chi connectivity index (χ2v) is 12.4. The molecule has 3 aromatic rings. The fourth-order valence-electron chi connectivity index (χ4n) is 6.15. The van der Waals surface area contributed by atoms with Gasteiger partial charge in [0.25, 0.3) is 5.56 Å². The van der Waals surface area contributed by atoms with E-state index in [0.717, 1.165) is 92.6 Å². The molecule has 0 radical (unpaired) electrons. The van der Waals surface area contributed by atoms with Crippen LogP contribution in [0.2, 0.25) is 0 Å². The molecule has 1 saturated carbocycles. The SMILES string of the molecule is Cc1cc(-c2nc3cc(CNC(CC(C)C)C(=O)OC4CCCC4)ccc3n2CC2CCN(C)CC2)c[nH]c1=O. The van der Waals surface area contributed by atoms with Crippen LogP contribution in [0.4, 0.5) is 0 Å². The maximum atomic E-state index is 13.0. The molecule has 0 amide bonds. The third kappa shape index (κ3) is 6.84. The van der Waals surface area contributed by atoms with Crippen LogP contribution >= 0.6 is 0 Å². The van der Waals surface area contributed by atoms with Gasteiger partial charge in [0.05, 0.1) is 11.0 Å². The Bertz CT molecular complexity index is 1360. The van der Waals surface area contributed by atoms with Crippen molar-refractivity contribution in [2.24, 2.45) is 11.8 Å². The fourth-order valence-corrected chi connectivity index (χ4v) is 6.15. The van der Waals surface area contributed by atoms with Gasteiger partial charge < -0.3 is 24.5 Å². The number of fused-ring (bicyclic) bond motifs is 1. The highest BCUT2D eigenvalue weighted by atomic mass is 16.5. The highest BCUT2D eigenvalue weighted by molar-refractivity contribution is 5.81. The second-order valence-electron chi connectivity index (χ2n) is 12.4. The summed E-state index contributed by atoms with van der Waals surface area (Å²) < 4.78 is 8.18. The van der Waals surface area contributed by atoms with Crippen LogP contribution in [0.25, 0.3) is 22.4 Å². The summed E-state index contributed by atoms with van der Waals surface area (Å²) in [6.07, 6.45) is 9.17. The van der Waals surface area contributed by atoms with Gasteiger partial charge in [0.1, 0.15) is 18.0 Å². The first-order valence-corrected chi connectivity index (χ1v) is 15.1. The van der Waals surface area contributed by atoms with Gasteiger partial charge in [-0.25, -0.2) is 4.98 Å². The Morgan fingerprint density at radius 2 is 1.90 bits per heavy atom. The number of carbonyl (C=O) groups excluding carboxylic acids is 1. The van der Waals surface area contributed by atoms with E-state index in [1.54, 1.807) is 6.20 Å². The minimum Gasteiger partial charge on any atom is -0.461 e. The number of rotatable bonds is 10. The zero-order chi connectivity index (χ0) is 28.2. The Morgan fingerprint density at radius 3 is 2.60 bits per heavy atom. The number of imidazole rings is 1. The standard InChI is InChI=1S/C32H45N5O3/c1-21(2)15-28(32(39)40-26-7-5-6-8-26)33-18-24-9-10-29-27(17-24)35-30(25-16-22(3)31(38)34-19-25)37(29)20-23-11-13-36(4)14-12-23/h9-10,16-17,19,21,23,26,28,33H,5-8,11-15,18,20H2,1-4H3,(H,34,38). The highest BCUT2D eigenvalue weighted by Gasteiger charge is 2.26. The molecule has 5 rings (SSSR count). The third-order valence-corrected chi connectivity index (χ3v) is 8.57. The Hall–Kier alpha value is -2.97. The summed E-state index contributed by atoms with van der Waals surface area (Å²) >= 11 is 0. The number of nitrogens with one attached hydrogen (secondary N) is 2. The quantitative estimate of drug-likeness (QED) is 0.346. The van der Waals surface area contributed by atoms with Crippen molar-refractivity contribution in [3.8, 4) is 11.4 Å². The van der Waals surface area contributed by atoms with Gasteiger partial charge in [-0.05, 0) is 108 Å². The van der Waals surface area contributed by atoms with Crippen molar-refractivity contribution in [1.82, 2.24) is 24.8 Å². The van der Waals surface area contributed by atoms with Crippen LogP contribution in [-0.2, 0) is 22.6 Å². The first-order valence-electron chi connectivity index (χ1n) is 15.1. The van der Waals surface area contributed by atoms with Crippen LogP contribution in [0, 0.1) is 18.8 Å². The van der Waals surface area contributed by atoms with Crippen molar-refractivity contribution in [2.45, 2.75) is 91.0 Å². The number of likely N-dealkylation sites (tertiary alicyclic amines) is 1. The normalized spacial score (nSPS) is 18.1. The van der Waals surface area contributed by atoms with Crippen molar-refractivity contribution >= 4 is 17.0 Å². The number of hydrogen-bond acceptors (Lipinski definition) is 6. The van der Waals surface area contributed by atoms with Gasteiger partial charge in [0.15, 0.2) is 0 Å². The molecular formula is C32H45N5O3. The van der Waals surface area contributed by atoms with Gasteiger partial charge in [-0.2, -0.15) is 0 Å². The number of hydrogen-bond donors (Lipinski definition) is 2. The van der Waals surface area contributed by atoms with Gasteiger partial charge in [0, 0.05) is 30.4 Å². The molecule has 1 atom stereocenters. The summed E-state index contributed by atoms with van der Waals surface area (Å²) in [5, 5.41) is 3.49. The van der Waals surface area contributed by atoms with Gasteiger partial charge in [-0.15, -0.1) is 0 Å². The maximum Gasteiger partial charge on any atom is 0.323 e. The van der Waals surface area contributed by atoms with Crippen molar-refractivity contribution in [3.05, 3.63) is 51.9 Å². The number of esters is 1. The number of aromatic nitrogens is 3. The van der Waals surface area contributed by atoms with E-state index in [-0.39, 0.29) is 23.7 Å². The van der Waals surface area contributed by atoms with E-state index in [4.69, 9.17) is 9.72 Å². The van der Waals surface area contributed by atoms with E-state index in [1.807, 2.05) is 13.0 Å². The van der Waals surface area contributed by atoms with Crippen LogP contribution in [0.3, 0.4) is 0 Å². The zero-order valence-electron chi connectivity index (χ0n) is 24.5. The Labute approximate surface area is 237 Å². The molecule has 216 valence electrons. The third-order valence-electron chi connectivity index (χ3n) is 8.57. The molecule has 2 N–H and O–H groups in total. The summed E-state index contributed by atoms with van der Waals surface area (Å²) in [6.45, 7) is 9.81. The van der Waals surface area contributed by atoms with Crippen molar-refractivity contribution in [3.63, 3.8) is 0 Å². The Kier molecular flexibility index (Phi) is 9.06. The van der Waals surface area contributed by atoms with Crippen LogP contribution < -0.4 is 10.9 Å². The van der Waals surface area contributed by atoms with Gasteiger partial charge >= 0.3 is 5.97 Å². The number of piperidine rings is 1. The molecule has 2 fully saturated rings. The van der Waals surface area contributed by atoms with E-state index in [2.05, 4.69) is 58.9 Å². The second kappa shape index (κ2) is 12.7. The summed E-state index contributed by atoms with van der Waals surface area (Å²) in [6, 6.07) is 8.03. The predicted molar refractivity (Wildman–Crippen MR) is 159 cm³/mol. The fraction of sp³-hybridized carbons (Fsp3) is 0.594. The number of H-pyrrole nitrogens is 1. The smallest absolute Gasteiger partial charge is 0.323 e. The number of carbonyl (C=O) groups is 1. The molecule has 2 aliphatic rings. The Morgan fingerprint density at radius 1 is 1.15 bits per heavy atom. The first kappa shape index (κ1) is 28.6. The molecule has 1 aliphatic heterocycles. The molecule has 2 aromatic heterocycles. The van der Waals surface area contributed by atoms with Crippen LogP contribution in [0.15, 0.2) is 35.3 Å².